The summed E-state index contributed by atoms with van der Waals surface area (Å²) in [7, 11) is -1.77. The lowest BCUT2D eigenvalue weighted by Crippen LogP contribution is -2.40. The van der Waals surface area contributed by atoms with E-state index in [1.165, 1.54) is 4.31 Å². The van der Waals surface area contributed by atoms with E-state index in [1.807, 2.05) is 20.9 Å². The lowest BCUT2D eigenvalue weighted by atomic mass is 9.96. The molecule has 4 rings (SSSR count). The van der Waals surface area contributed by atoms with Crippen molar-refractivity contribution in [2.24, 2.45) is 13.0 Å². The van der Waals surface area contributed by atoms with Crippen molar-refractivity contribution < 1.29 is 8.42 Å². The minimum Gasteiger partial charge on any atom is -0.336 e. The van der Waals surface area contributed by atoms with Crippen LogP contribution < -0.4 is 5.56 Å². The van der Waals surface area contributed by atoms with Crippen LogP contribution in [0.25, 0.3) is 0 Å². The number of hydrogen-bond donors (Lipinski definition) is 0. The van der Waals surface area contributed by atoms with Crippen LogP contribution in [0.1, 0.15) is 62.5 Å². The summed E-state index contributed by atoms with van der Waals surface area (Å²) in [6.45, 7) is 5.45. The molecule has 0 amide bonds. The second kappa shape index (κ2) is 8.26. The van der Waals surface area contributed by atoms with Gasteiger partial charge in [-0.05, 0) is 50.0 Å². The first-order valence-corrected chi connectivity index (χ1v) is 12.3. The minimum absolute atomic E-state index is 0.0413. The lowest BCUT2D eigenvalue weighted by molar-refractivity contribution is 0.243. The van der Waals surface area contributed by atoms with Gasteiger partial charge in [-0.25, -0.2) is 18.1 Å². The van der Waals surface area contributed by atoms with Gasteiger partial charge in [0.1, 0.15) is 5.82 Å². The van der Waals surface area contributed by atoms with Crippen molar-refractivity contribution in [2.45, 2.75) is 69.9 Å². The molecule has 0 unspecified atom stereocenters. The topological polar surface area (TPSA) is 90.1 Å². The highest BCUT2D eigenvalue weighted by Crippen LogP contribution is 2.25. The van der Waals surface area contributed by atoms with Gasteiger partial charge in [0, 0.05) is 44.9 Å². The smallest absolute Gasteiger partial charge is 0.267 e. The molecule has 0 radical (unpaired) electrons. The Morgan fingerprint density at radius 1 is 1.17 bits per heavy atom. The van der Waals surface area contributed by atoms with Crippen molar-refractivity contribution in [2.75, 3.05) is 13.1 Å². The van der Waals surface area contributed by atoms with Gasteiger partial charge in [0.2, 0.25) is 0 Å². The Bertz CT molecular complexity index is 1080. The van der Waals surface area contributed by atoms with Crippen LogP contribution in [0, 0.1) is 5.92 Å². The van der Waals surface area contributed by atoms with Crippen molar-refractivity contribution >= 4 is 10.0 Å². The number of imidazole rings is 1. The van der Waals surface area contributed by atoms with Gasteiger partial charge >= 0.3 is 0 Å². The summed E-state index contributed by atoms with van der Waals surface area (Å²) in [4.78, 5) is 16.8. The predicted molar refractivity (Wildman–Crippen MR) is 114 cm³/mol. The summed E-state index contributed by atoms with van der Waals surface area (Å²) in [6.07, 6.45) is 7.17. The Balaban J connectivity index is 1.43. The molecule has 1 saturated heterocycles. The largest absolute Gasteiger partial charge is 0.336 e. The fourth-order valence-corrected chi connectivity index (χ4v) is 6.01. The summed E-state index contributed by atoms with van der Waals surface area (Å²) < 4.78 is 31.0. The van der Waals surface area contributed by atoms with E-state index in [4.69, 9.17) is 0 Å². The van der Waals surface area contributed by atoms with Crippen LogP contribution in [-0.4, -0.2) is 45.1 Å². The Kier molecular flexibility index (Phi) is 5.85. The number of aromatic nitrogens is 4. The van der Waals surface area contributed by atoms with Crippen molar-refractivity contribution in [1.82, 2.24) is 23.6 Å². The average Bonchev–Trinajstić information content (AvgIpc) is 3.12. The molecule has 0 spiro atoms. The van der Waals surface area contributed by atoms with Crippen molar-refractivity contribution in [3.63, 3.8) is 0 Å². The number of hydrogen-bond acceptors (Lipinski definition) is 5. The molecule has 0 aromatic carbocycles. The van der Waals surface area contributed by atoms with Gasteiger partial charge in [-0.15, -0.1) is 0 Å². The van der Waals surface area contributed by atoms with Crippen LogP contribution in [-0.2, 0) is 36.5 Å². The van der Waals surface area contributed by atoms with E-state index in [2.05, 4.69) is 10.1 Å². The molecule has 0 N–H and O–H groups in total. The minimum atomic E-state index is -3.60. The van der Waals surface area contributed by atoms with Gasteiger partial charge < -0.3 is 4.57 Å². The number of piperidine rings is 1. The van der Waals surface area contributed by atoms with E-state index >= 15 is 0 Å². The van der Waals surface area contributed by atoms with Crippen LogP contribution in [0.4, 0.5) is 0 Å². The van der Waals surface area contributed by atoms with Crippen molar-refractivity contribution in [1.29, 1.82) is 0 Å². The normalized spacial score (nSPS) is 18.7. The first-order chi connectivity index (χ1) is 14.3. The molecule has 9 heteroatoms. The summed E-state index contributed by atoms with van der Waals surface area (Å²) in [5.41, 5.74) is 2.11. The third-order valence-electron chi connectivity index (χ3n) is 6.29. The number of sulfonamides is 1. The first kappa shape index (κ1) is 21.2. The maximum Gasteiger partial charge on any atom is 0.267 e. The zero-order valence-electron chi connectivity index (χ0n) is 18.0. The Morgan fingerprint density at radius 2 is 1.87 bits per heavy atom. The van der Waals surface area contributed by atoms with Crippen molar-refractivity contribution in [3.05, 3.63) is 39.7 Å². The monoisotopic (exact) mass is 433 g/mol. The second-order valence-electron chi connectivity index (χ2n) is 8.89. The van der Waals surface area contributed by atoms with Crippen LogP contribution in [0.5, 0.6) is 0 Å². The van der Waals surface area contributed by atoms with Gasteiger partial charge in [-0.1, -0.05) is 13.8 Å². The van der Waals surface area contributed by atoms with E-state index in [0.29, 0.717) is 32.5 Å². The van der Waals surface area contributed by atoms with Gasteiger partial charge in [-0.3, -0.25) is 4.79 Å². The SMILES string of the molecule is CC(C)c1nc(S(=O)(=O)N2CCC(Cn3nc4c(cc3=O)CCCC4)CC2)cn1C. The fraction of sp³-hybridized carbons (Fsp3) is 0.667. The van der Waals surface area contributed by atoms with Crippen LogP contribution in [0.15, 0.2) is 22.1 Å². The molecule has 1 aliphatic carbocycles. The second-order valence-corrected chi connectivity index (χ2v) is 10.8. The van der Waals surface area contributed by atoms with E-state index in [1.54, 1.807) is 21.5 Å². The third-order valence-corrected chi connectivity index (χ3v) is 8.06. The summed E-state index contributed by atoms with van der Waals surface area (Å²) >= 11 is 0. The van der Waals surface area contributed by atoms with Crippen LogP contribution in [0.3, 0.4) is 0 Å². The van der Waals surface area contributed by atoms with Crippen molar-refractivity contribution in [3.8, 4) is 0 Å². The number of nitrogens with zero attached hydrogens (tertiary/aromatic N) is 5. The third kappa shape index (κ3) is 4.09. The highest BCUT2D eigenvalue weighted by molar-refractivity contribution is 7.89. The quantitative estimate of drug-likeness (QED) is 0.720. The molecule has 1 aliphatic heterocycles. The Labute approximate surface area is 178 Å². The highest BCUT2D eigenvalue weighted by atomic mass is 32.2. The molecule has 8 nitrogen and oxygen atoms in total. The Morgan fingerprint density at radius 3 is 2.53 bits per heavy atom. The zero-order valence-corrected chi connectivity index (χ0v) is 18.9. The van der Waals surface area contributed by atoms with Gasteiger partial charge in [0.25, 0.3) is 15.6 Å². The molecule has 0 saturated carbocycles. The van der Waals surface area contributed by atoms with E-state index in [-0.39, 0.29) is 22.4 Å². The summed E-state index contributed by atoms with van der Waals surface area (Å²) in [5.74, 6) is 1.17. The highest BCUT2D eigenvalue weighted by Gasteiger charge is 2.32. The summed E-state index contributed by atoms with van der Waals surface area (Å²) in [6, 6.07) is 1.74. The summed E-state index contributed by atoms with van der Waals surface area (Å²) in [5, 5.41) is 4.74. The molecule has 0 bridgehead atoms. The molecule has 2 aromatic rings. The molecule has 2 aromatic heterocycles. The molecular weight excluding hydrogens is 402 g/mol. The number of rotatable bonds is 5. The fourth-order valence-electron chi connectivity index (χ4n) is 4.55. The van der Waals surface area contributed by atoms with Gasteiger partial charge in [0.05, 0.1) is 5.69 Å². The zero-order chi connectivity index (χ0) is 21.5. The molecule has 3 heterocycles. The molecule has 30 heavy (non-hydrogen) atoms. The maximum atomic E-state index is 13.0. The van der Waals surface area contributed by atoms with E-state index in [0.717, 1.165) is 42.8 Å². The molecule has 164 valence electrons. The van der Waals surface area contributed by atoms with Crippen LogP contribution in [0.2, 0.25) is 0 Å². The van der Waals surface area contributed by atoms with Gasteiger partial charge in [0.15, 0.2) is 5.03 Å². The average molecular weight is 434 g/mol. The lowest BCUT2D eigenvalue weighted by Gasteiger charge is -2.30. The number of aryl methyl sites for hydroxylation is 3. The van der Waals surface area contributed by atoms with E-state index < -0.39 is 10.0 Å². The van der Waals surface area contributed by atoms with E-state index in [9.17, 15) is 13.2 Å². The molecular formula is C21H31N5O3S. The number of fused-ring (bicyclic) bond motifs is 1. The first-order valence-electron chi connectivity index (χ1n) is 10.9. The Hall–Kier alpha value is -2.00. The standard InChI is InChI=1S/C21H31N5O3S/c1-15(2)21-22-19(14-24(21)3)30(28,29)25-10-8-16(9-11-25)13-26-20(27)12-17-6-4-5-7-18(17)23-26/h12,14-16H,4-11,13H2,1-3H3. The maximum absolute atomic E-state index is 13.0. The molecule has 0 atom stereocenters. The predicted octanol–water partition coefficient (Wildman–Crippen LogP) is 2.08. The van der Waals surface area contributed by atoms with Gasteiger partial charge in [-0.2, -0.15) is 9.40 Å². The van der Waals surface area contributed by atoms with Crippen LogP contribution >= 0.6 is 0 Å². The molecule has 2 aliphatic rings. The molecule has 1 fully saturated rings.